The molecule has 0 atom stereocenters. The Morgan fingerprint density at radius 1 is 1.09 bits per heavy atom. The first-order valence-corrected chi connectivity index (χ1v) is 10.7. The number of nitrogens with one attached hydrogen (secondary N) is 1. The van der Waals surface area contributed by atoms with Crippen molar-refractivity contribution in [2.45, 2.75) is 26.7 Å². The lowest BCUT2D eigenvalue weighted by atomic mass is 10.1. The van der Waals surface area contributed by atoms with E-state index in [-0.39, 0.29) is 11.8 Å². The lowest BCUT2D eigenvalue weighted by molar-refractivity contribution is -0.117. The fourth-order valence-corrected chi connectivity index (χ4v) is 3.40. The van der Waals surface area contributed by atoms with Crippen LogP contribution in [0.5, 0.6) is 17.2 Å². The number of amides is 2. The number of rotatable bonds is 9. The quantitative estimate of drug-likeness (QED) is 0.583. The van der Waals surface area contributed by atoms with Crippen LogP contribution >= 0.6 is 0 Å². The molecule has 1 aliphatic heterocycles. The van der Waals surface area contributed by atoms with Crippen LogP contribution in [0.25, 0.3) is 6.08 Å². The Morgan fingerprint density at radius 3 is 2.50 bits per heavy atom. The standard InChI is InChI=1S/C25H30N2O5/c1-17(2)16-32-22-10-7-18(14-23(22)31-4)8-12-24(28)26-19-9-11-21(30-3)20(15-19)27-13-5-6-25(27)29/h7-12,14-15,17H,5-6,13,16H2,1-4H3,(H,26,28)/b12-8+. The van der Waals surface area contributed by atoms with E-state index in [4.69, 9.17) is 14.2 Å². The Bertz CT molecular complexity index is 1000. The number of carbonyl (C=O) groups is 2. The highest BCUT2D eigenvalue weighted by atomic mass is 16.5. The summed E-state index contributed by atoms with van der Waals surface area (Å²) < 4.78 is 16.6. The zero-order valence-corrected chi connectivity index (χ0v) is 19.0. The summed E-state index contributed by atoms with van der Waals surface area (Å²) in [6.07, 6.45) is 4.49. The zero-order chi connectivity index (χ0) is 23.1. The van der Waals surface area contributed by atoms with Gasteiger partial charge in [0, 0.05) is 24.7 Å². The minimum absolute atomic E-state index is 0.0569. The molecule has 7 nitrogen and oxygen atoms in total. The third kappa shape index (κ3) is 5.81. The Kier molecular flexibility index (Phi) is 7.76. The molecule has 1 aliphatic rings. The molecule has 1 fully saturated rings. The second-order valence-corrected chi connectivity index (χ2v) is 7.97. The number of carbonyl (C=O) groups excluding carboxylic acids is 2. The molecule has 0 saturated carbocycles. The average molecular weight is 439 g/mol. The summed E-state index contributed by atoms with van der Waals surface area (Å²) in [7, 11) is 3.15. The Labute approximate surface area is 189 Å². The van der Waals surface area contributed by atoms with Gasteiger partial charge in [-0.3, -0.25) is 9.59 Å². The van der Waals surface area contributed by atoms with Crippen LogP contribution in [0.15, 0.2) is 42.5 Å². The highest BCUT2D eigenvalue weighted by molar-refractivity contribution is 6.03. The summed E-state index contributed by atoms with van der Waals surface area (Å²) >= 11 is 0. The normalized spacial score (nSPS) is 13.7. The molecule has 3 rings (SSSR count). The summed E-state index contributed by atoms with van der Waals surface area (Å²) in [5, 5.41) is 2.84. The first kappa shape index (κ1) is 23.2. The molecule has 0 aliphatic carbocycles. The number of hydrogen-bond acceptors (Lipinski definition) is 5. The maximum Gasteiger partial charge on any atom is 0.248 e. The number of ether oxygens (including phenoxy) is 3. The highest BCUT2D eigenvalue weighted by Crippen LogP contribution is 2.34. The van der Waals surface area contributed by atoms with E-state index in [2.05, 4.69) is 19.2 Å². The van der Waals surface area contributed by atoms with Gasteiger partial charge < -0.3 is 24.4 Å². The van der Waals surface area contributed by atoms with E-state index in [1.807, 2.05) is 18.2 Å². The van der Waals surface area contributed by atoms with Gasteiger partial charge in [0.05, 0.1) is 26.5 Å². The van der Waals surface area contributed by atoms with Crippen molar-refractivity contribution in [1.82, 2.24) is 0 Å². The lowest BCUT2D eigenvalue weighted by Crippen LogP contribution is -2.24. The van der Waals surface area contributed by atoms with Gasteiger partial charge in [-0.15, -0.1) is 0 Å². The maximum absolute atomic E-state index is 12.5. The smallest absolute Gasteiger partial charge is 0.248 e. The first-order valence-electron chi connectivity index (χ1n) is 10.7. The summed E-state index contributed by atoms with van der Waals surface area (Å²) in [4.78, 5) is 26.3. The fraction of sp³-hybridized carbons (Fsp3) is 0.360. The Hall–Kier alpha value is -3.48. The molecule has 2 aromatic rings. The zero-order valence-electron chi connectivity index (χ0n) is 19.0. The number of anilines is 2. The van der Waals surface area contributed by atoms with Gasteiger partial charge in [0.25, 0.3) is 0 Å². The van der Waals surface area contributed by atoms with Crippen molar-refractivity contribution in [3.8, 4) is 17.2 Å². The highest BCUT2D eigenvalue weighted by Gasteiger charge is 2.24. The van der Waals surface area contributed by atoms with Crippen molar-refractivity contribution in [2.24, 2.45) is 5.92 Å². The molecule has 1 saturated heterocycles. The van der Waals surface area contributed by atoms with Crippen molar-refractivity contribution >= 4 is 29.3 Å². The van der Waals surface area contributed by atoms with Crippen molar-refractivity contribution in [3.05, 3.63) is 48.0 Å². The predicted molar refractivity (Wildman–Crippen MR) is 126 cm³/mol. The molecule has 1 N–H and O–H groups in total. The molecule has 2 aromatic carbocycles. The van der Waals surface area contributed by atoms with Crippen LogP contribution in [-0.4, -0.2) is 39.2 Å². The van der Waals surface area contributed by atoms with Gasteiger partial charge in [-0.1, -0.05) is 19.9 Å². The number of benzene rings is 2. The number of hydrogen-bond donors (Lipinski definition) is 1. The second-order valence-electron chi connectivity index (χ2n) is 7.97. The van der Waals surface area contributed by atoms with Crippen LogP contribution in [0.1, 0.15) is 32.3 Å². The van der Waals surface area contributed by atoms with E-state index in [0.29, 0.717) is 54.1 Å². The van der Waals surface area contributed by atoms with Crippen LogP contribution in [0.3, 0.4) is 0 Å². The average Bonchev–Trinajstić information content (AvgIpc) is 3.22. The van der Waals surface area contributed by atoms with Gasteiger partial charge in [-0.05, 0) is 54.3 Å². The topological polar surface area (TPSA) is 77.1 Å². The molecule has 0 aromatic heterocycles. The van der Waals surface area contributed by atoms with Gasteiger partial charge in [0.15, 0.2) is 11.5 Å². The van der Waals surface area contributed by atoms with Crippen LogP contribution < -0.4 is 24.4 Å². The van der Waals surface area contributed by atoms with Gasteiger partial charge in [0.2, 0.25) is 11.8 Å². The summed E-state index contributed by atoms with van der Waals surface area (Å²) in [5.41, 5.74) is 2.07. The molecular formula is C25H30N2O5. The SMILES string of the molecule is COc1cc(/C=C/C(=O)Nc2ccc(OC)c(N3CCCC3=O)c2)ccc1OCC(C)C. The number of nitrogens with zero attached hydrogens (tertiary/aromatic N) is 1. The molecule has 0 bridgehead atoms. The van der Waals surface area contributed by atoms with Crippen LogP contribution in [-0.2, 0) is 9.59 Å². The van der Waals surface area contributed by atoms with Gasteiger partial charge in [-0.25, -0.2) is 0 Å². The van der Waals surface area contributed by atoms with Crippen molar-refractivity contribution in [1.29, 1.82) is 0 Å². The van der Waals surface area contributed by atoms with Crippen molar-refractivity contribution < 1.29 is 23.8 Å². The van der Waals surface area contributed by atoms with E-state index in [9.17, 15) is 9.59 Å². The largest absolute Gasteiger partial charge is 0.495 e. The second kappa shape index (κ2) is 10.7. The Morgan fingerprint density at radius 2 is 1.84 bits per heavy atom. The molecule has 32 heavy (non-hydrogen) atoms. The van der Waals surface area contributed by atoms with E-state index >= 15 is 0 Å². The van der Waals surface area contributed by atoms with E-state index in [1.165, 1.54) is 6.08 Å². The van der Waals surface area contributed by atoms with E-state index in [1.54, 1.807) is 43.4 Å². The molecule has 2 amide bonds. The molecule has 7 heteroatoms. The maximum atomic E-state index is 12.5. The van der Waals surface area contributed by atoms with Gasteiger partial charge in [0.1, 0.15) is 5.75 Å². The molecule has 0 radical (unpaired) electrons. The van der Waals surface area contributed by atoms with Crippen molar-refractivity contribution in [3.63, 3.8) is 0 Å². The van der Waals surface area contributed by atoms with Crippen LogP contribution in [0.4, 0.5) is 11.4 Å². The summed E-state index contributed by atoms with van der Waals surface area (Å²) in [5.74, 6) is 2.06. The van der Waals surface area contributed by atoms with E-state index < -0.39 is 0 Å². The predicted octanol–water partition coefficient (Wildman–Crippen LogP) is 4.52. The molecule has 170 valence electrons. The first-order chi connectivity index (χ1) is 15.4. The Balaban J connectivity index is 1.69. The minimum atomic E-state index is -0.284. The number of methoxy groups -OCH3 is 2. The molecule has 0 unspecified atom stereocenters. The van der Waals surface area contributed by atoms with Gasteiger partial charge >= 0.3 is 0 Å². The lowest BCUT2D eigenvalue weighted by Gasteiger charge is -2.20. The third-order valence-electron chi connectivity index (χ3n) is 5.00. The fourth-order valence-electron chi connectivity index (χ4n) is 3.40. The molecular weight excluding hydrogens is 408 g/mol. The summed E-state index contributed by atoms with van der Waals surface area (Å²) in [6.45, 7) is 5.40. The van der Waals surface area contributed by atoms with Crippen LogP contribution in [0, 0.1) is 5.92 Å². The molecule has 1 heterocycles. The monoisotopic (exact) mass is 438 g/mol. The summed E-state index contributed by atoms with van der Waals surface area (Å²) in [6, 6.07) is 10.8. The van der Waals surface area contributed by atoms with E-state index in [0.717, 1.165) is 12.0 Å². The minimum Gasteiger partial charge on any atom is -0.495 e. The molecule has 0 spiro atoms. The van der Waals surface area contributed by atoms with Crippen LogP contribution in [0.2, 0.25) is 0 Å². The van der Waals surface area contributed by atoms with Gasteiger partial charge in [-0.2, -0.15) is 0 Å². The third-order valence-corrected chi connectivity index (χ3v) is 5.00. The van der Waals surface area contributed by atoms with Crippen molar-refractivity contribution in [2.75, 3.05) is 37.6 Å².